The number of quaternary nitrogens is 1. The Bertz CT molecular complexity index is 1430. The van der Waals surface area contributed by atoms with Gasteiger partial charge in [0, 0.05) is 58.8 Å². The summed E-state index contributed by atoms with van der Waals surface area (Å²) in [7, 11) is 4.03. The van der Waals surface area contributed by atoms with Gasteiger partial charge >= 0.3 is 0 Å². The van der Waals surface area contributed by atoms with E-state index in [0.29, 0.717) is 39.9 Å². The third kappa shape index (κ3) is 5.74. The second-order valence-corrected chi connectivity index (χ2v) is 11.2. The number of likely N-dealkylation sites (tertiary alicyclic amines) is 1. The van der Waals surface area contributed by atoms with E-state index in [9.17, 15) is 0 Å². The van der Waals surface area contributed by atoms with Crippen molar-refractivity contribution in [1.29, 1.82) is 0 Å². The highest BCUT2D eigenvalue weighted by Crippen LogP contribution is 2.40. The highest BCUT2D eigenvalue weighted by molar-refractivity contribution is 5.81. The molecule has 0 saturated carbocycles. The maximum Gasteiger partial charge on any atom is 0.158 e. The molecule has 2 saturated heterocycles. The number of nitrogens with one attached hydrogen (secondary N) is 1. The first-order chi connectivity index (χ1) is 18.3. The van der Waals surface area contributed by atoms with Crippen LogP contribution in [0, 0.1) is 12.3 Å². The second kappa shape index (κ2) is 10.8. The van der Waals surface area contributed by atoms with Gasteiger partial charge in [-0.3, -0.25) is 4.98 Å². The van der Waals surface area contributed by atoms with Crippen molar-refractivity contribution >= 4 is 23.6 Å². The first kappa shape index (κ1) is 26.3. The number of aromatic nitrogens is 2. The molecule has 2 aromatic heterocycles. The van der Waals surface area contributed by atoms with Gasteiger partial charge in [0.2, 0.25) is 0 Å². The molecule has 4 heterocycles. The fourth-order valence-corrected chi connectivity index (χ4v) is 5.41. The highest BCUT2D eigenvalue weighted by Gasteiger charge is 2.45. The van der Waals surface area contributed by atoms with Crippen molar-refractivity contribution in [2.24, 2.45) is 5.41 Å². The molecule has 3 aromatic rings. The van der Waals surface area contributed by atoms with Gasteiger partial charge in [-0.05, 0) is 44.2 Å². The Balaban J connectivity index is 1.25. The number of hydrogen-bond donors (Lipinski definition) is 1. The number of nitrogens with zero attached hydrogens (tertiary/aromatic N) is 2. The summed E-state index contributed by atoms with van der Waals surface area (Å²) in [6.07, 6.45) is 7.13. The maximum absolute atomic E-state index is 6.23. The summed E-state index contributed by atoms with van der Waals surface area (Å²) in [6.45, 7) is 14.3. The van der Waals surface area contributed by atoms with Gasteiger partial charge in [0.25, 0.3) is 0 Å². The summed E-state index contributed by atoms with van der Waals surface area (Å²) in [5, 5.41) is 2.50. The van der Waals surface area contributed by atoms with E-state index in [0.717, 1.165) is 53.0 Å². The molecule has 7 heteroatoms. The van der Waals surface area contributed by atoms with E-state index in [-0.39, 0.29) is 0 Å². The normalized spacial score (nSPS) is 19.2. The van der Waals surface area contributed by atoms with Gasteiger partial charge in [-0.25, -0.2) is 0 Å². The molecule has 1 spiro atoms. The summed E-state index contributed by atoms with van der Waals surface area (Å²) in [4.78, 5) is 7.88. The van der Waals surface area contributed by atoms with Gasteiger partial charge in [0.05, 0.1) is 59.0 Å². The zero-order valence-electron chi connectivity index (χ0n) is 23.1. The Morgan fingerprint density at radius 1 is 1.21 bits per heavy atom. The van der Waals surface area contributed by atoms with E-state index in [2.05, 4.69) is 29.7 Å². The van der Waals surface area contributed by atoms with Crippen LogP contribution < -0.4 is 15.3 Å². The number of fused-ring (bicyclic) bond motifs is 1. The fourth-order valence-electron chi connectivity index (χ4n) is 5.41. The third-order valence-corrected chi connectivity index (χ3v) is 8.20. The standard InChI is InChI=1S/C31H40N3O4/c1-22-17-25-18-26(7-8-27(25)33-22)38-29-9-12-32-28(23(29)2)19-30(24(3)35-5)37-16-6-13-34(4)14-10-31(11-15-34)20-36-21-31/h7-9,12,17-19,33H,2,6,10-11,13-16,20-21H2,1,3-5H3/q+1. The van der Waals surface area contributed by atoms with Gasteiger partial charge < -0.3 is 28.4 Å². The minimum Gasteiger partial charge on any atom is -0.498 e. The van der Waals surface area contributed by atoms with Gasteiger partial charge in [-0.2, -0.15) is 0 Å². The van der Waals surface area contributed by atoms with Crippen LogP contribution in [0.3, 0.4) is 0 Å². The quantitative estimate of drug-likeness (QED) is 0.259. The molecule has 0 bridgehead atoms. The Hall–Kier alpha value is -3.29. The van der Waals surface area contributed by atoms with Crippen molar-refractivity contribution in [3.63, 3.8) is 0 Å². The summed E-state index contributed by atoms with van der Waals surface area (Å²) >= 11 is 0. The number of piperidine rings is 1. The third-order valence-electron chi connectivity index (χ3n) is 8.20. The smallest absolute Gasteiger partial charge is 0.158 e. The lowest BCUT2D eigenvalue weighted by Crippen LogP contribution is -2.58. The van der Waals surface area contributed by atoms with Gasteiger partial charge in [0.15, 0.2) is 5.76 Å². The number of allylic oxidation sites excluding steroid dienone is 2. The fraction of sp³-hybridized carbons (Fsp3) is 0.452. The molecule has 2 aliphatic rings. The number of ether oxygens (including phenoxy) is 4. The molecule has 202 valence electrons. The van der Waals surface area contributed by atoms with Crippen LogP contribution >= 0.6 is 0 Å². The van der Waals surface area contributed by atoms with E-state index in [4.69, 9.17) is 18.9 Å². The number of aromatic amines is 1. The van der Waals surface area contributed by atoms with Gasteiger partial charge in [-0.15, -0.1) is 0 Å². The first-order valence-corrected chi connectivity index (χ1v) is 13.5. The molecule has 7 nitrogen and oxygen atoms in total. The van der Waals surface area contributed by atoms with E-state index < -0.39 is 0 Å². The number of aryl methyl sites for hydroxylation is 1. The SMILES string of the molecule is C=c1c(Oc2ccc3[nH]c(C)cc3c2)ccnc1=CC(OCCC[N+]1(C)CCC2(CC1)COC2)=C(C)OC. The minimum atomic E-state index is 0.472. The molecule has 1 aromatic carbocycles. The van der Waals surface area contributed by atoms with Crippen molar-refractivity contribution in [2.75, 3.05) is 53.6 Å². The molecule has 0 radical (unpaired) electrons. The highest BCUT2D eigenvalue weighted by atomic mass is 16.5. The van der Waals surface area contributed by atoms with Crippen molar-refractivity contribution in [3.05, 3.63) is 64.3 Å². The second-order valence-electron chi connectivity index (χ2n) is 11.2. The average molecular weight is 519 g/mol. The van der Waals surface area contributed by atoms with Crippen molar-refractivity contribution in [3.8, 4) is 11.5 Å². The van der Waals surface area contributed by atoms with Crippen molar-refractivity contribution in [1.82, 2.24) is 9.97 Å². The molecule has 0 atom stereocenters. The molecule has 2 fully saturated rings. The summed E-state index contributed by atoms with van der Waals surface area (Å²) in [5.41, 5.74) is 2.68. The summed E-state index contributed by atoms with van der Waals surface area (Å²) in [6, 6.07) is 9.95. The Morgan fingerprint density at radius 3 is 2.71 bits per heavy atom. The van der Waals surface area contributed by atoms with E-state index >= 15 is 0 Å². The van der Waals surface area contributed by atoms with E-state index in [1.165, 1.54) is 25.9 Å². The molecule has 38 heavy (non-hydrogen) atoms. The van der Waals surface area contributed by atoms with Crippen molar-refractivity contribution in [2.45, 2.75) is 33.1 Å². The molecule has 0 unspecified atom stereocenters. The van der Waals surface area contributed by atoms with E-state index in [1.54, 1.807) is 13.3 Å². The van der Waals surface area contributed by atoms with Crippen LogP contribution in [0.15, 0.2) is 48.0 Å². The number of pyridine rings is 1. The number of rotatable bonds is 9. The molecule has 0 aliphatic carbocycles. The lowest BCUT2D eigenvalue weighted by molar-refractivity contribution is -0.917. The Labute approximate surface area is 225 Å². The van der Waals surface area contributed by atoms with Crippen LogP contribution in [0.5, 0.6) is 11.5 Å². The van der Waals surface area contributed by atoms with Crippen LogP contribution in [-0.2, 0) is 14.2 Å². The number of methoxy groups -OCH3 is 1. The van der Waals surface area contributed by atoms with Gasteiger partial charge in [0.1, 0.15) is 17.3 Å². The lowest BCUT2D eigenvalue weighted by Gasteiger charge is -2.50. The van der Waals surface area contributed by atoms with Crippen molar-refractivity contribution < 1.29 is 23.4 Å². The van der Waals surface area contributed by atoms with Crippen LogP contribution in [-0.4, -0.2) is 68.1 Å². The van der Waals surface area contributed by atoms with Crippen LogP contribution in [0.25, 0.3) is 23.6 Å². The molecule has 5 rings (SSSR count). The predicted molar refractivity (Wildman–Crippen MR) is 150 cm³/mol. The van der Waals surface area contributed by atoms with Gasteiger partial charge in [-0.1, -0.05) is 6.58 Å². The Morgan fingerprint density at radius 2 is 2.00 bits per heavy atom. The number of benzene rings is 1. The summed E-state index contributed by atoms with van der Waals surface area (Å²) < 4.78 is 24.6. The van der Waals surface area contributed by atoms with Crippen LogP contribution in [0.1, 0.15) is 31.9 Å². The average Bonchev–Trinajstić information content (AvgIpc) is 3.26. The molecule has 1 N–H and O–H groups in total. The Kier molecular flexibility index (Phi) is 7.50. The van der Waals surface area contributed by atoms with Crippen LogP contribution in [0.2, 0.25) is 0 Å². The zero-order chi connectivity index (χ0) is 26.8. The monoisotopic (exact) mass is 518 g/mol. The maximum atomic E-state index is 6.23. The number of H-pyrrole nitrogens is 1. The van der Waals surface area contributed by atoms with E-state index in [1.807, 2.05) is 44.2 Å². The largest absolute Gasteiger partial charge is 0.498 e. The molecular formula is C31H40N3O4+. The van der Waals surface area contributed by atoms with Crippen LogP contribution in [0.4, 0.5) is 0 Å². The molecular weight excluding hydrogens is 478 g/mol. The lowest BCUT2D eigenvalue weighted by atomic mass is 9.76. The topological polar surface area (TPSA) is 65.6 Å². The first-order valence-electron chi connectivity index (χ1n) is 13.5. The predicted octanol–water partition coefficient (Wildman–Crippen LogP) is 4.40. The summed E-state index contributed by atoms with van der Waals surface area (Å²) in [5.74, 6) is 2.78. The minimum absolute atomic E-state index is 0.472. The molecule has 0 amide bonds. The molecule has 2 aliphatic heterocycles. The zero-order valence-corrected chi connectivity index (χ0v) is 23.1. The number of hydrogen-bond acceptors (Lipinski definition) is 5.